The number of aliphatic hydroxyl groups excluding tert-OH is 2. The van der Waals surface area contributed by atoms with Gasteiger partial charge in [0.2, 0.25) is 5.88 Å². The van der Waals surface area contributed by atoms with E-state index in [0.717, 1.165) is 0 Å². The molecule has 0 aliphatic rings. The Bertz CT molecular complexity index is 1160. The van der Waals surface area contributed by atoms with Gasteiger partial charge in [-0.2, -0.15) is 4.68 Å². The van der Waals surface area contributed by atoms with Crippen LogP contribution in [0.1, 0.15) is 5.56 Å². The molecule has 0 bridgehead atoms. The van der Waals surface area contributed by atoms with Crippen molar-refractivity contribution >= 4 is 22.7 Å². The summed E-state index contributed by atoms with van der Waals surface area (Å²) in [7, 11) is 0. The molecule has 0 atom stereocenters. The van der Waals surface area contributed by atoms with Crippen molar-refractivity contribution in [2.24, 2.45) is 0 Å². The highest BCUT2D eigenvalue weighted by Gasteiger charge is 2.09. The van der Waals surface area contributed by atoms with E-state index in [1.807, 2.05) is 60.7 Å². The van der Waals surface area contributed by atoms with E-state index in [1.165, 1.54) is 4.68 Å². The average molecular weight is 329 g/mol. The van der Waals surface area contributed by atoms with Crippen LogP contribution in [0, 0.1) is 0 Å². The third-order valence-electron chi connectivity index (χ3n) is 4.02. The van der Waals surface area contributed by atoms with Crippen molar-refractivity contribution in [1.29, 1.82) is 0 Å². The van der Waals surface area contributed by atoms with Crippen LogP contribution >= 0.6 is 0 Å². The number of hydrogen-bond donors (Lipinski definition) is 2. The average Bonchev–Trinajstić information content (AvgIpc) is 3.12. The van der Waals surface area contributed by atoms with Crippen LogP contribution in [-0.4, -0.2) is 25.2 Å². The summed E-state index contributed by atoms with van der Waals surface area (Å²) in [6.07, 6.45) is 0. The SMILES string of the molecule is O/C(c1ccccc1)=c1/cccc/c1=C(/O)n1nnc2ccccc21. The van der Waals surface area contributed by atoms with Crippen molar-refractivity contribution in [1.82, 2.24) is 15.0 Å². The molecule has 4 rings (SSSR count). The van der Waals surface area contributed by atoms with Crippen molar-refractivity contribution < 1.29 is 10.2 Å². The molecule has 25 heavy (non-hydrogen) atoms. The third-order valence-corrected chi connectivity index (χ3v) is 4.02. The van der Waals surface area contributed by atoms with Gasteiger partial charge in [0, 0.05) is 16.0 Å². The van der Waals surface area contributed by atoms with Crippen LogP contribution in [-0.2, 0) is 0 Å². The minimum atomic E-state index is -0.0909. The fourth-order valence-corrected chi connectivity index (χ4v) is 2.78. The van der Waals surface area contributed by atoms with Gasteiger partial charge in [-0.15, -0.1) is 5.10 Å². The van der Waals surface area contributed by atoms with Gasteiger partial charge in [-0.3, -0.25) is 0 Å². The Labute approximate surface area is 143 Å². The smallest absolute Gasteiger partial charge is 0.222 e. The predicted octanol–water partition coefficient (Wildman–Crippen LogP) is 2.32. The van der Waals surface area contributed by atoms with E-state index in [9.17, 15) is 10.2 Å². The number of aliphatic hydroxyl groups is 2. The number of aromatic nitrogens is 3. The maximum absolute atomic E-state index is 10.8. The lowest BCUT2D eigenvalue weighted by Gasteiger charge is -2.04. The van der Waals surface area contributed by atoms with E-state index in [0.29, 0.717) is 27.0 Å². The fourth-order valence-electron chi connectivity index (χ4n) is 2.78. The number of para-hydroxylation sites is 1. The maximum Gasteiger partial charge on any atom is 0.222 e. The number of rotatable bonds is 2. The lowest BCUT2D eigenvalue weighted by Crippen LogP contribution is -2.31. The molecule has 0 fully saturated rings. The molecule has 0 amide bonds. The molecule has 0 saturated heterocycles. The molecule has 0 spiro atoms. The Balaban J connectivity index is 2.06. The van der Waals surface area contributed by atoms with Crippen LogP contribution in [0.4, 0.5) is 0 Å². The molecule has 1 aromatic heterocycles. The maximum atomic E-state index is 10.8. The summed E-state index contributed by atoms with van der Waals surface area (Å²) < 4.78 is 1.37. The lowest BCUT2D eigenvalue weighted by atomic mass is 10.1. The molecule has 0 unspecified atom stereocenters. The molecule has 4 aromatic rings. The highest BCUT2D eigenvalue weighted by atomic mass is 16.3. The fraction of sp³-hybridized carbons (Fsp3) is 0. The van der Waals surface area contributed by atoms with Gasteiger partial charge in [0.25, 0.3) is 0 Å². The van der Waals surface area contributed by atoms with Crippen LogP contribution in [0.25, 0.3) is 22.7 Å². The van der Waals surface area contributed by atoms with Crippen LogP contribution in [0.5, 0.6) is 0 Å². The molecule has 2 N–H and O–H groups in total. The Morgan fingerprint density at radius 2 is 1.36 bits per heavy atom. The third kappa shape index (κ3) is 2.61. The number of benzene rings is 3. The molecule has 0 saturated carbocycles. The quantitative estimate of drug-likeness (QED) is 0.592. The zero-order chi connectivity index (χ0) is 17.2. The summed E-state index contributed by atoms with van der Waals surface area (Å²) in [6, 6.07) is 23.7. The van der Waals surface area contributed by atoms with Gasteiger partial charge in [-0.1, -0.05) is 65.9 Å². The van der Waals surface area contributed by atoms with Crippen LogP contribution < -0.4 is 10.4 Å². The van der Waals surface area contributed by atoms with Crippen molar-refractivity contribution in [2.75, 3.05) is 0 Å². The van der Waals surface area contributed by atoms with Gasteiger partial charge in [-0.05, 0) is 18.2 Å². The first-order chi connectivity index (χ1) is 12.3. The van der Waals surface area contributed by atoms with Crippen molar-refractivity contribution in [3.05, 3.63) is 94.9 Å². The van der Waals surface area contributed by atoms with Crippen LogP contribution in [0.3, 0.4) is 0 Å². The summed E-state index contributed by atoms with van der Waals surface area (Å²) in [6.45, 7) is 0. The first-order valence-corrected chi connectivity index (χ1v) is 7.83. The van der Waals surface area contributed by atoms with Crippen LogP contribution in [0.15, 0.2) is 78.9 Å². The second kappa shape index (κ2) is 6.13. The van der Waals surface area contributed by atoms with Gasteiger partial charge in [-0.25, -0.2) is 0 Å². The second-order valence-corrected chi connectivity index (χ2v) is 5.57. The molecule has 1 heterocycles. The number of nitrogens with zero attached hydrogens (tertiary/aromatic N) is 3. The van der Waals surface area contributed by atoms with Gasteiger partial charge < -0.3 is 10.2 Å². The van der Waals surface area contributed by atoms with Crippen LogP contribution in [0.2, 0.25) is 0 Å². The number of hydrogen-bond acceptors (Lipinski definition) is 4. The molecule has 5 nitrogen and oxygen atoms in total. The zero-order valence-corrected chi connectivity index (χ0v) is 13.2. The van der Waals surface area contributed by atoms with Crippen molar-refractivity contribution in [2.45, 2.75) is 0 Å². The van der Waals surface area contributed by atoms with E-state index in [4.69, 9.17) is 0 Å². The normalized spacial score (nSPS) is 13.6. The molecule has 122 valence electrons. The predicted molar refractivity (Wildman–Crippen MR) is 96.2 cm³/mol. The topological polar surface area (TPSA) is 71.2 Å². The molecule has 0 radical (unpaired) electrons. The van der Waals surface area contributed by atoms with E-state index in [-0.39, 0.29) is 11.6 Å². The Morgan fingerprint density at radius 3 is 2.16 bits per heavy atom. The monoisotopic (exact) mass is 329 g/mol. The standard InChI is InChI=1S/C20H15N3O2/c24-19(14-8-2-1-3-9-14)15-10-4-5-11-16(15)20(25)23-18-13-7-6-12-17(18)21-22-23/h1-13,24-25H/b19-15-,20-16-. The summed E-state index contributed by atoms with van der Waals surface area (Å²) in [5.41, 5.74) is 2.04. The second-order valence-electron chi connectivity index (χ2n) is 5.57. The molecule has 0 aliphatic carbocycles. The first kappa shape index (κ1) is 15.0. The Kier molecular flexibility index (Phi) is 3.67. The van der Waals surface area contributed by atoms with Gasteiger partial charge in [0.15, 0.2) is 0 Å². The number of fused-ring (bicyclic) bond motifs is 1. The van der Waals surface area contributed by atoms with E-state index < -0.39 is 0 Å². The lowest BCUT2D eigenvalue weighted by molar-refractivity contribution is 0.452. The Hall–Kier alpha value is -3.60. The highest BCUT2D eigenvalue weighted by molar-refractivity contribution is 5.76. The summed E-state index contributed by atoms with van der Waals surface area (Å²) >= 11 is 0. The van der Waals surface area contributed by atoms with Gasteiger partial charge >= 0.3 is 0 Å². The molecule has 5 heteroatoms. The van der Waals surface area contributed by atoms with E-state index >= 15 is 0 Å². The summed E-state index contributed by atoms with van der Waals surface area (Å²) in [5, 5.41) is 30.6. The molecular formula is C20H15N3O2. The largest absolute Gasteiger partial charge is 0.507 e. The van der Waals surface area contributed by atoms with Crippen molar-refractivity contribution in [3.63, 3.8) is 0 Å². The first-order valence-electron chi connectivity index (χ1n) is 7.83. The molecule has 3 aromatic carbocycles. The van der Waals surface area contributed by atoms with Gasteiger partial charge in [0.1, 0.15) is 11.3 Å². The highest BCUT2D eigenvalue weighted by Crippen LogP contribution is 2.12. The minimum Gasteiger partial charge on any atom is -0.507 e. The summed E-state index contributed by atoms with van der Waals surface area (Å²) in [4.78, 5) is 0. The minimum absolute atomic E-state index is 0.0900. The van der Waals surface area contributed by atoms with Crippen molar-refractivity contribution in [3.8, 4) is 0 Å². The van der Waals surface area contributed by atoms with Gasteiger partial charge in [0.05, 0.1) is 5.52 Å². The molecular weight excluding hydrogens is 314 g/mol. The Morgan fingerprint density at radius 1 is 0.720 bits per heavy atom. The summed E-state index contributed by atoms with van der Waals surface area (Å²) in [5.74, 6) is -0.000970. The zero-order valence-electron chi connectivity index (χ0n) is 13.2. The van der Waals surface area contributed by atoms with E-state index in [2.05, 4.69) is 10.3 Å². The van der Waals surface area contributed by atoms with E-state index in [1.54, 1.807) is 18.2 Å². The molecule has 0 aliphatic heterocycles.